The van der Waals surface area contributed by atoms with E-state index in [-0.39, 0.29) is 11.5 Å². The van der Waals surface area contributed by atoms with E-state index in [1.165, 1.54) is 18.2 Å². The normalized spacial score (nSPS) is 14.6. The van der Waals surface area contributed by atoms with Gasteiger partial charge in [0.2, 0.25) is 5.91 Å². The second-order valence-electron chi connectivity index (χ2n) is 5.97. The largest absolute Gasteiger partial charge is 0.479 e. The highest BCUT2D eigenvalue weighted by Crippen LogP contribution is 2.09. The van der Waals surface area contributed by atoms with Gasteiger partial charge in [0.15, 0.2) is 5.60 Å². The fourth-order valence-electron chi connectivity index (χ4n) is 1.84. The first kappa shape index (κ1) is 19.6. The Morgan fingerprint density at radius 2 is 1.83 bits per heavy atom. The van der Waals surface area contributed by atoms with Gasteiger partial charge < -0.3 is 20.8 Å². The molecule has 24 heavy (non-hydrogen) atoms. The first-order chi connectivity index (χ1) is 11.1. The van der Waals surface area contributed by atoms with Gasteiger partial charge in [-0.3, -0.25) is 9.59 Å². The lowest BCUT2D eigenvalue weighted by Crippen LogP contribution is -2.54. The van der Waals surface area contributed by atoms with Crippen molar-refractivity contribution in [1.29, 1.82) is 0 Å². The minimum Gasteiger partial charge on any atom is -0.479 e. The fraction of sp³-hybridized carbons (Fsp3) is 0.438. The number of carboxylic acids is 1. The molecular formula is C16H21FN2O5. The third kappa shape index (κ3) is 5.02. The first-order valence-corrected chi connectivity index (χ1v) is 7.35. The second-order valence-corrected chi connectivity index (χ2v) is 5.97. The molecule has 0 saturated heterocycles. The molecule has 132 valence electrons. The summed E-state index contributed by atoms with van der Waals surface area (Å²) in [5.74, 6) is -3.97. The summed E-state index contributed by atoms with van der Waals surface area (Å²) < 4.78 is 13.6. The number of hydrogen-bond acceptors (Lipinski definition) is 4. The highest BCUT2D eigenvalue weighted by atomic mass is 19.1. The Morgan fingerprint density at radius 1 is 1.25 bits per heavy atom. The van der Waals surface area contributed by atoms with Gasteiger partial charge in [0.05, 0.1) is 12.1 Å². The molecule has 2 amide bonds. The van der Waals surface area contributed by atoms with Crippen LogP contribution in [0.3, 0.4) is 0 Å². The van der Waals surface area contributed by atoms with Gasteiger partial charge in [0.25, 0.3) is 5.91 Å². The molecule has 0 bridgehead atoms. The predicted octanol–water partition coefficient (Wildman–Crippen LogP) is 0.532. The van der Waals surface area contributed by atoms with Crippen LogP contribution < -0.4 is 10.6 Å². The van der Waals surface area contributed by atoms with Crippen molar-refractivity contribution in [3.05, 3.63) is 35.6 Å². The second kappa shape index (κ2) is 7.87. The minimum absolute atomic E-state index is 0.200. The van der Waals surface area contributed by atoms with Crippen molar-refractivity contribution in [2.24, 2.45) is 5.92 Å². The summed E-state index contributed by atoms with van der Waals surface area (Å²) in [7, 11) is 0. The molecule has 0 heterocycles. The molecule has 7 nitrogen and oxygen atoms in total. The van der Waals surface area contributed by atoms with Gasteiger partial charge in [-0.2, -0.15) is 0 Å². The molecule has 2 atom stereocenters. The van der Waals surface area contributed by atoms with Gasteiger partial charge in [0.1, 0.15) is 11.9 Å². The van der Waals surface area contributed by atoms with Crippen molar-refractivity contribution in [2.45, 2.75) is 32.4 Å². The molecular weight excluding hydrogens is 319 g/mol. The lowest BCUT2D eigenvalue weighted by atomic mass is 10.0. The predicted molar refractivity (Wildman–Crippen MR) is 83.8 cm³/mol. The van der Waals surface area contributed by atoms with E-state index in [4.69, 9.17) is 5.11 Å². The van der Waals surface area contributed by atoms with Crippen molar-refractivity contribution in [2.75, 3.05) is 6.54 Å². The monoisotopic (exact) mass is 340 g/mol. The van der Waals surface area contributed by atoms with Gasteiger partial charge >= 0.3 is 5.97 Å². The summed E-state index contributed by atoms with van der Waals surface area (Å²) in [4.78, 5) is 35.1. The molecule has 0 aliphatic rings. The van der Waals surface area contributed by atoms with Gasteiger partial charge in [-0.05, 0) is 25.0 Å². The van der Waals surface area contributed by atoms with Crippen LogP contribution in [0.25, 0.3) is 0 Å². The highest BCUT2D eigenvalue weighted by molar-refractivity contribution is 5.97. The Labute approximate surface area is 138 Å². The number of rotatable bonds is 7. The average molecular weight is 340 g/mol. The molecule has 0 aromatic heterocycles. The van der Waals surface area contributed by atoms with Crippen molar-refractivity contribution in [1.82, 2.24) is 10.6 Å². The summed E-state index contributed by atoms with van der Waals surface area (Å²) >= 11 is 0. The Morgan fingerprint density at radius 3 is 2.33 bits per heavy atom. The number of carboxylic acid groups (broad SMARTS) is 1. The number of aliphatic hydroxyl groups is 1. The van der Waals surface area contributed by atoms with Crippen LogP contribution in [0.2, 0.25) is 0 Å². The summed E-state index contributed by atoms with van der Waals surface area (Å²) in [5, 5.41) is 23.1. The van der Waals surface area contributed by atoms with Crippen LogP contribution >= 0.6 is 0 Å². The van der Waals surface area contributed by atoms with E-state index in [1.54, 1.807) is 13.8 Å². The standard InChI is InChI=1S/C16H21FN2O5/c1-9(2)12(14(21)18-8-16(3,24)15(22)23)19-13(20)10-6-4-5-7-11(10)17/h4-7,9,12,24H,8H2,1-3H3,(H,18,21)(H,19,20)(H,22,23). The van der Waals surface area contributed by atoms with Crippen molar-refractivity contribution >= 4 is 17.8 Å². The maximum Gasteiger partial charge on any atom is 0.337 e. The van der Waals surface area contributed by atoms with E-state index in [1.807, 2.05) is 0 Å². The Kier molecular flexibility index (Phi) is 6.42. The molecule has 0 radical (unpaired) electrons. The number of nitrogens with one attached hydrogen (secondary N) is 2. The number of carbonyl (C=O) groups excluding carboxylic acids is 2. The molecule has 4 N–H and O–H groups in total. The molecule has 0 saturated carbocycles. The van der Waals surface area contributed by atoms with Gasteiger partial charge in [0, 0.05) is 0 Å². The lowest BCUT2D eigenvalue weighted by Gasteiger charge is -2.24. The van der Waals surface area contributed by atoms with Crippen LogP contribution in [-0.2, 0) is 9.59 Å². The number of carbonyl (C=O) groups is 3. The first-order valence-electron chi connectivity index (χ1n) is 7.35. The molecule has 1 aromatic carbocycles. The third-order valence-corrected chi connectivity index (χ3v) is 3.42. The summed E-state index contributed by atoms with van der Waals surface area (Å²) in [6, 6.07) is 4.33. The summed E-state index contributed by atoms with van der Waals surface area (Å²) in [5.41, 5.74) is -2.33. The van der Waals surface area contributed by atoms with E-state index in [9.17, 15) is 23.9 Å². The van der Waals surface area contributed by atoms with Crippen LogP contribution in [0, 0.1) is 11.7 Å². The zero-order valence-electron chi connectivity index (χ0n) is 13.7. The van der Waals surface area contributed by atoms with Crippen LogP contribution in [0.4, 0.5) is 4.39 Å². The fourth-order valence-corrected chi connectivity index (χ4v) is 1.84. The molecule has 0 aliphatic carbocycles. The number of aliphatic carboxylic acids is 1. The summed E-state index contributed by atoms with van der Waals surface area (Å²) in [6.07, 6.45) is 0. The number of hydrogen-bond donors (Lipinski definition) is 4. The Balaban J connectivity index is 2.80. The minimum atomic E-state index is -2.13. The van der Waals surface area contributed by atoms with Crippen LogP contribution in [-0.4, -0.2) is 46.2 Å². The van der Waals surface area contributed by atoms with Crippen LogP contribution in [0.1, 0.15) is 31.1 Å². The van der Waals surface area contributed by atoms with E-state index in [2.05, 4.69) is 10.6 Å². The van der Waals surface area contributed by atoms with E-state index in [0.29, 0.717) is 0 Å². The molecule has 1 rings (SSSR count). The summed E-state index contributed by atoms with van der Waals surface area (Å²) in [6.45, 7) is 3.85. The van der Waals surface area contributed by atoms with Crippen molar-refractivity contribution in [3.63, 3.8) is 0 Å². The van der Waals surface area contributed by atoms with Crippen molar-refractivity contribution < 1.29 is 29.0 Å². The van der Waals surface area contributed by atoms with E-state index in [0.717, 1.165) is 13.0 Å². The third-order valence-electron chi connectivity index (χ3n) is 3.42. The molecule has 0 spiro atoms. The zero-order chi connectivity index (χ0) is 18.5. The number of amides is 2. The number of halogens is 1. The Hall–Kier alpha value is -2.48. The van der Waals surface area contributed by atoms with Crippen LogP contribution in [0.5, 0.6) is 0 Å². The molecule has 1 aromatic rings. The maximum absolute atomic E-state index is 13.6. The van der Waals surface area contributed by atoms with Crippen molar-refractivity contribution in [3.8, 4) is 0 Å². The quantitative estimate of drug-likeness (QED) is 0.578. The Bertz CT molecular complexity index is 631. The topological polar surface area (TPSA) is 116 Å². The van der Waals surface area contributed by atoms with Gasteiger partial charge in [-0.1, -0.05) is 26.0 Å². The smallest absolute Gasteiger partial charge is 0.337 e. The van der Waals surface area contributed by atoms with E-state index >= 15 is 0 Å². The maximum atomic E-state index is 13.6. The van der Waals surface area contributed by atoms with Gasteiger partial charge in [-0.15, -0.1) is 0 Å². The van der Waals surface area contributed by atoms with Crippen LogP contribution in [0.15, 0.2) is 24.3 Å². The van der Waals surface area contributed by atoms with E-state index < -0.39 is 41.8 Å². The SMILES string of the molecule is CC(C)C(NC(=O)c1ccccc1F)C(=O)NCC(C)(O)C(=O)O. The molecule has 0 fully saturated rings. The highest BCUT2D eigenvalue weighted by Gasteiger charge is 2.32. The molecule has 8 heteroatoms. The molecule has 0 aliphatic heterocycles. The van der Waals surface area contributed by atoms with Gasteiger partial charge in [-0.25, -0.2) is 9.18 Å². The zero-order valence-corrected chi connectivity index (χ0v) is 13.7. The number of benzene rings is 1. The molecule has 2 unspecified atom stereocenters. The lowest BCUT2D eigenvalue weighted by molar-refractivity contribution is -0.156. The average Bonchev–Trinajstić information content (AvgIpc) is 2.50.